The van der Waals surface area contributed by atoms with Crippen LogP contribution in [0.1, 0.15) is 25.8 Å². The van der Waals surface area contributed by atoms with Crippen molar-refractivity contribution < 1.29 is 23.9 Å². The SMILES string of the molecule is CCOC(=O)/C=C/c1ccc(NC(=O)CCN2C(=O)C(C)Oc3ccccc32)cc1. The van der Waals surface area contributed by atoms with Gasteiger partial charge in [-0.25, -0.2) is 4.79 Å². The fourth-order valence-electron chi connectivity index (χ4n) is 3.06. The molecule has 156 valence electrons. The molecule has 0 saturated carbocycles. The minimum atomic E-state index is -0.585. The van der Waals surface area contributed by atoms with Gasteiger partial charge >= 0.3 is 5.97 Å². The predicted octanol–water partition coefficient (Wildman–Crippen LogP) is 3.41. The zero-order chi connectivity index (χ0) is 21.5. The maximum Gasteiger partial charge on any atom is 0.330 e. The molecule has 1 atom stereocenters. The highest BCUT2D eigenvalue weighted by Gasteiger charge is 2.31. The van der Waals surface area contributed by atoms with Gasteiger partial charge in [-0.2, -0.15) is 0 Å². The molecule has 1 unspecified atom stereocenters. The summed E-state index contributed by atoms with van der Waals surface area (Å²) in [6.07, 6.45) is 2.57. The molecule has 7 nitrogen and oxygen atoms in total. The highest BCUT2D eigenvalue weighted by molar-refractivity contribution is 6.00. The molecule has 0 bridgehead atoms. The second kappa shape index (κ2) is 9.73. The largest absolute Gasteiger partial charge is 0.479 e. The van der Waals surface area contributed by atoms with Gasteiger partial charge < -0.3 is 19.7 Å². The number of anilines is 2. The number of ether oxygens (including phenoxy) is 2. The maximum atomic E-state index is 12.5. The quantitative estimate of drug-likeness (QED) is 0.561. The normalized spacial score (nSPS) is 15.5. The third kappa shape index (κ3) is 5.26. The van der Waals surface area contributed by atoms with Crippen molar-refractivity contribution in [2.24, 2.45) is 0 Å². The van der Waals surface area contributed by atoms with Gasteiger partial charge in [-0.1, -0.05) is 24.3 Å². The summed E-state index contributed by atoms with van der Waals surface area (Å²) in [7, 11) is 0. The number of hydrogen-bond donors (Lipinski definition) is 1. The van der Waals surface area contributed by atoms with Crippen LogP contribution in [-0.2, 0) is 19.1 Å². The summed E-state index contributed by atoms with van der Waals surface area (Å²) in [6, 6.07) is 14.4. The van der Waals surface area contributed by atoms with Crippen molar-refractivity contribution in [1.29, 1.82) is 0 Å². The second-order valence-corrected chi connectivity index (χ2v) is 6.72. The van der Waals surface area contributed by atoms with Crippen LogP contribution in [0.5, 0.6) is 5.75 Å². The van der Waals surface area contributed by atoms with Crippen molar-refractivity contribution in [1.82, 2.24) is 0 Å². The fraction of sp³-hybridized carbons (Fsp3) is 0.261. The lowest BCUT2D eigenvalue weighted by Gasteiger charge is -2.32. The van der Waals surface area contributed by atoms with Crippen LogP contribution >= 0.6 is 0 Å². The summed E-state index contributed by atoms with van der Waals surface area (Å²) in [4.78, 5) is 37.8. The summed E-state index contributed by atoms with van der Waals surface area (Å²) in [6.45, 7) is 4.03. The number of nitrogens with one attached hydrogen (secondary N) is 1. The third-order valence-electron chi connectivity index (χ3n) is 4.53. The van der Waals surface area contributed by atoms with Crippen LogP contribution in [0.2, 0.25) is 0 Å². The Hall–Kier alpha value is -3.61. The Balaban J connectivity index is 1.56. The molecule has 30 heavy (non-hydrogen) atoms. The van der Waals surface area contributed by atoms with E-state index in [9.17, 15) is 14.4 Å². The fourth-order valence-corrected chi connectivity index (χ4v) is 3.06. The molecule has 0 aromatic heterocycles. The first-order chi connectivity index (χ1) is 14.5. The van der Waals surface area contributed by atoms with E-state index in [1.54, 1.807) is 55.2 Å². The van der Waals surface area contributed by atoms with Crippen molar-refractivity contribution >= 4 is 35.2 Å². The molecule has 1 aliphatic rings. The van der Waals surface area contributed by atoms with Gasteiger partial charge in [-0.05, 0) is 49.8 Å². The lowest BCUT2D eigenvalue weighted by Crippen LogP contribution is -2.45. The number of esters is 1. The van der Waals surface area contributed by atoms with Gasteiger partial charge in [-0.3, -0.25) is 9.59 Å². The van der Waals surface area contributed by atoms with Crippen molar-refractivity contribution in [3.63, 3.8) is 0 Å². The number of para-hydroxylation sites is 2. The van der Waals surface area contributed by atoms with Gasteiger partial charge in [-0.15, -0.1) is 0 Å². The van der Waals surface area contributed by atoms with Crippen LogP contribution in [0.3, 0.4) is 0 Å². The predicted molar refractivity (Wildman–Crippen MR) is 114 cm³/mol. The molecular weight excluding hydrogens is 384 g/mol. The molecule has 0 radical (unpaired) electrons. The lowest BCUT2D eigenvalue weighted by molar-refractivity contribution is -0.137. The number of fused-ring (bicyclic) bond motifs is 1. The van der Waals surface area contributed by atoms with Crippen molar-refractivity contribution in [2.45, 2.75) is 26.4 Å². The smallest absolute Gasteiger partial charge is 0.330 e. The van der Waals surface area contributed by atoms with Crippen molar-refractivity contribution in [2.75, 3.05) is 23.4 Å². The van der Waals surface area contributed by atoms with Crippen LogP contribution in [0.25, 0.3) is 6.08 Å². The first-order valence-electron chi connectivity index (χ1n) is 9.79. The molecule has 0 fully saturated rings. The van der Waals surface area contributed by atoms with Gasteiger partial charge in [0.1, 0.15) is 5.75 Å². The number of carbonyl (C=O) groups excluding carboxylic acids is 3. The van der Waals surface area contributed by atoms with E-state index in [1.807, 2.05) is 18.2 Å². The zero-order valence-electron chi connectivity index (χ0n) is 17.0. The summed E-state index contributed by atoms with van der Waals surface area (Å²) in [5.41, 5.74) is 2.12. The van der Waals surface area contributed by atoms with E-state index < -0.39 is 12.1 Å². The molecule has 0 spiro atoms. The maximum absolute atomic E-state index is 12.5. The third-order valence-corrected chi connectivity index (χ3v) is 4.53. The van der Waals surface area contributed by atoms with E-state index in [4.69, 9.17) is 9.47 Å². The average Bonchev–Trinajstić information content (AvgIpc) is 2.74. The van der Waals surface area contributed by atoms with Gasteiger partial charge in [0.2, 0.25) is 5.91 Å². The summed E-state index contributed by atoms with van der Waals surface area (Å²) < 4.78 is 10.4. The Kier molecular flexibility index (Phi) is 6.85. The summed E-state index contributed by atoms with van der Waals surface area (Å²) in [5.74, 6) is -0.131. The van der Waals surface area contributed by atoms with Crippen LogP contribution in [0, 0.1) is 0 Å². The van der Waals surface area contributed by atoms with E-state index in [2.05, 4.69) is 5.32 Å². The molecule has 7 heteroatoms. The first kappa shape index (κ1) is 21.1. The van der Waals surface area contributed by atoms with E-state index in [0.29, 0.717) is 23.7 Å². The van der Waals surface area contributed by atoms with Gasteiger partial charge in [0, 0.05) is 24.7 Å². The van der Waals surface area contributed by atoms with Gasteiger partial charge in [0.05, 0.1) is 12.3 Å². The number of nitrogens with zero attached hydrogens (tertiary/aromatic N) is 1. The Bertz CT molecular complexity index is 952. The van der Waals surface area contributed by atoms with E-state index in [1.165, 1.54) is 6.08 Å². The number of hydrogen-bond acceptors (Lipinski definition) is 5. The number of rotatable bonds is 7. The molecule has 3 rings (SSSR count). The molecule has 0 aliphatic carbocycles. The van der Waals surface area contributed by atoms with Crippen LogP contribution in [0.15, 0.2) is 54.6 Å². The van der Waals surface area contributed by atoms with E-state index in [-0.39, 0.29) is 24.8 Å². The van der Waals surface area contributed by atoms with Crippen LogP contribution in [0.4, 0.5) is 11.4 Å². The topological polar surface area (TPSA) is 84.9 Å². The lowest BCUT2D eigenvalue weighted by atomic mass is 10.1. The Labute approximate surface area is 175 Å². The Morgan fingerprint density at radius 3 is 2.63 bits per heavy atom. The molecule has 2 aromatic rings. The van der Waals surface area contributed by atoms with Crippen molar-refractivity contribution in [3.8, 4) is 5.75 Å². The zero-order valence-corrected chi connectivity index (χ0v) is 17.0. The Morgan fingerprint density at radius 2 is 1.90 bits per heavy atom. The Morgan fingerprint density at radius 1 is 1.17 bits per heavy atom. The molecular formula is C23H24N2O5. The highest BCUT2D eigenvalue weighted by Crippen LogP contribution is 2.33. The standard InChI is InChI=1S/C23H24N2O5/c1-3-29-22(27)13-10-17-8-11-18(12-9-17)24-21(26)14-15-25-19-6-4-5-7-20(19)30-16(2)23(25)28/h4-13,16H,3,14-15H2,1-2H3,(H,24,26)/b13-10+. The summed E-state index contributed by atoms with van der Waals surface area (Å²) >= 11 is 0. The molecule has 2 aromatic carbocycles. The van der Waals surface area contributed by atoms with Gasteiger partial charge in [0.15, 0.2) is 6.10 Å². The second-order valence-electron chi connectivity index (χ2n) is 6.72. The van der Waals surface area contributed by atoms with E-state index in [0.717, 1.165) is 5.56 Å². The van der Waals surface area contributed by atoms with Crippen LogP contribution in [-0.4, -0.2) is 37.0 Å². The average molecular weight is 408 g/mol. The molecule has 0 saturated heterocycles. The monoisotopic (exact) mass is 408 g/mol. The van der Waals surface area contributed by atoms with Gasteiger partial charge in [0.25, 0.3) is 5.91 Å². The number of carbonyl (C=O) groups is 3. The molecule has 1 aliphatic heterocycles. The molecule has 2 amide bonds. The number of benzene rings is 2. The highest BCUT2D eigenvalue weighted by atomic mass is 16.5. The first-order valence-corrected chi connectivity index (χ1v) is 9.79. The molecule has 1 N–H and O–H groups in total. The van der Waals surface area contributed by atoms with Crippen molar-refractivity contribution in [3.05, 3.63) is 60.2 Å². The molecule has 1 heterocycles. The number of amides is 2. The minimum absolute atomic E-state index is 0.150. The van der Waals surface area contributed by atoms with E-state index >= 15 is 0 Å². The van der Waals surface area contributed by atoms with Crippen LogP contribution < -0.4 is 15.0 Å². The minimum Gasteiger partial charge on any atom is -0.479 e. The summed E-state index contributed by atoms with van der Waals surface area (Å²) in [5, 5.41) is 2.82.